The van der Waals surface area contributed by atoms with E-state index in [0.717, 1.165) is 41.2 Å². The number of halogens is 1. The summed E-state index contributed by atoms with van der Waals surface area (Å²) in [5, 5.41) is 0.608. The summed E-state index contributed by atoms with van der Waals surface area (Å²) in [5.41, 5.74) is 3.44. The van der Waals surface area contributed by atoms with Gasteiger partial charge in [0.15, 0.2) is 0 Å². The molecule has 0 amide bonds. The molecule has 0 N–H and O–H groups in total. The van der Waals surface area contributed by atoms with Gasteiger partial charge in [-0.2, -0.15) is 0 Å². The number of rotatable bonds is 8. The van der Waals surface area contributed by atoms with E-state index in [1.807, 2.05) is 18.2 Å². The van der Waals surface area contributed by atoms with Crippen LogP contribution in [0.4, 0.5) is 0 Å². The molecule has 0 fully saturated rings. The molecular formula is C22H31ClN2O2. The fourth-order valence-electron chi connectivity index (χ4n) is 3.26. The summed E-state index contributed by atoms with van der Waals surface area (Å²) in [5.74, 6) is 2.17. The third-order valence-electron chi connectivity index (χ3n) is 4.67. The highest BCUT2D eigenvalue weighted by Crippen LogP contribution is 2.34. The Morgan fingerprint density at radius 3 is 2.07 bits per heavy atom. The van der Waals surface area contributed by atoms with Gasteiger partial charge in [-0.05, 0) is 42.9 Å². The summed E-state index contributed by atoms with van der Waals surface area (Å²) in [6.45, 7) is 12.8. The van der Waals surface area contributed by atoms with Crippen molar-refractivity contribution in [2.45, 2.75) is 60.5 Å². The second-order valence-corrected chi connectivity index (χ2v) is 7.80. The molecular weight excluding hydrogens is 360 g/mol. The van der Waals surface area contributed by atoms with E-state index < -0.39 is 0 Å². The molecule has 4 nitrogen and oxygen atoms in total. The molecule has 2 aromatic rings. The first-order chi connectivity index (χ1) is 12.8. The molecule has 0 unspecified atom stereocenters. The van der Waals surface area contributed by atoms with E-state index in [-0.39, 0.29) is 6.10 Å². The average Bonchev–Trinajstić information content (AvgIpc) is 2.64. The van der Waals surface area contributed by atoms with Crippen LogP contribution < -0.4 is 9.47 Å². The van der Waals surface area contributed by atoms with Gasteiger partial charge in [0.2, 0.25) is 5.88 Å². The topological polar surface area (TPSA) is 44.2 Å². The van der Waals surface area contributed by atoms with Crippen LogP contribution in [-0.2, 0) is 12.8 Å². The maximum absolute atomic E-state index is 6.50. The summed E-state index contributed by atoms with van der Waals surface area (Å²) < 4.78 is 11.6. The number of aromatic nitrogens is 2. The van der Waals surface area contributed by atoms with Gasteiger partial charge in [0.25, 0.3) is 0 Å². The van der Waals surface area contributed by atoms with Crippen LogP contribution in [0.15, 0.2) is 18.2 Å². The standard InChI is InChI=1S/C22H31ClN2O2/c1-8-18-20(16-11-10-15(26-7)12-17(16)23)24-19(9-2)22(25-18)27-21(13(3)4)14(5)6/h10-14,21H,8-9H2,1-7H3. The predicted octanol–water partition coefficient (Wildman–Crippen LogP) is 5.99. The van der Waals surface area contributed by atoms with Crippen molar-refractivity contribution in [1.29, 1.82) is 0 Å². The number of hydrogen-bond acceptors (Lipinski definition) is 4. The van der Waals surface area contributed by atoms with E-state index in [9.17, 15) is 0 Å². The van der Waals surface area contributed by atoms with Crippen LogP contribution in [-0.4, -0.2) is 23.2 Å². The zero-order valence-electron chi connectivity index (χ0n) is 17.5. The van der Waals surface area contributed by atoms with Crippen LogP contribution in [0.25, 0.3) is 11.3 Å². The van der Waals surface area contributed by atoms with Crippen molar-refractivity contribution >= 4 is 11.6 Å². The maximum atomic E-state index is 6.50. The van der Waals surface area contributed by atoms with Crippen molar-refractivity contribution in [3.63, 3.8) is 0 Å². The SMILES string of the molecule is CCc1nc(-c2ccc(OC)cc2Cl)c(CC)nc1OC(C(C)C)C(C)C. The van der Waals surface area contributed by atoms with Gasteiger partial charge < -0.3 is 9.47 Å². The van der Waals surface area contributed by atoms with Crippen LogP contribution in [0.1, 0.15) is 52.9 Å². The number of nitrogens with zero attached hydrogens (tertiary/aromatic N) is 2. The van der Waals surface area contributed by atoms with E-state index >= 15 is 0 Å². The van der Waals surface area contributed by atoms with E-state index in [1.54, 1.807) is 7.11 Å². The highest BCUT2D eigenvalue weighted by Gasteiger charge is 2.23. The van der Waals surface area contributed by atoms with Gasteiger partial charge in [0.05, 0.1) is 23.5 Å². The van der Waals surface area contributed by atoms with Crippen molar-refractivity contribution in [2.75, 3.05) is 7.11 Å². The van der Waals surface area contributed by atoms with Crippen LogP contribution >= 0.6 is 11.6 Å². The lowest BCUT2D eigenvalue weighted by atomic mass is 9.96. The molecule has 0 saturated heterocycles. The highest BCUT2D eigenvalue weighted by atomic mass is 35.5. The Labute approximate surface area is 168 Å². The average molecular weight is 391 g/mol. The van der Waals surface area contributed by atoms with Crippen LogP contribution in [0.2, 0.25) is 5.02 Å². The van der Waals surface area contributed by atoms with Gasteiger partial charge in [0.1, 0.15) is 17.5 Å². The first kappa shape index (κ1) is 21.5. The Morgan fingerprint density at radius 1 is 0.963 bits per heavy atom. The van der Waals surface area contributed by atoms with Crippen LogP contribution in [0.5, 0.6) is 11.6 Å². The molecule has 0 bridgehead atoms. The lowest BCUT2D eigenvalue weighted by Crippen LogP contribution is -2.30. The Balaban J connectivity index is 2.53. The molecule has 0 radical (unpaired) electrons. The molecule has 148 valence electrons. The summed E-state index contributed by atoms with van der Waals surface area (Å²) in [7, 11) is 1.63. The first-order valence-electron chi connectivity index (χ1n) is 9.72. The molecule has 0 aliphatic carbocycles. The Morgan fingerprint density at radius 2 is 1.59 bits per heavy atom. The summed E-state index contributed by atoms with van der Waals surface area (Å²) in [4.78, 5) is 9.76. The largest absolute Gasteiger partial charge is 0.497 e. The van der Waals surface area contributed by atoms with Gasteiger partial charge in [-0.25, -0.2) is 9.97 Å². The lowest BCUT2D eigenvalue weighted by Gasteiger charge is -2.26. The van der Waals surface area contributed by atoms with Gasteiger partial charge in [-0.15, -0.1) is 0 Å². The molecule has 0 saturated carbocycles. The Bertz CT molecular complexity index is 767. The number of methoxy groups -OCH3 is 1. The van der Waals surface area contributed by atoms with E-state index in [4.69, 9.17) is 31.0 Å². The summed E-state index contributed by atoms with van der Waals surface area (Å²) in [6, 6.07) is 5.64. The van der Waals surface area contributed by atoms with Gasteiger partial charge in [-0.1, -0.05) is 53.1 Å². The maximum Gasteiger partial charge on any atom is 0.236 e. The molecule has 1 aromatic heterocycles. The van der Waals surface area contributed by atoms with Crippen molar-refractivity contribution in [2.24, 2.45) is 11.8 Å². The summed E-state index contributed by atoms with van der Waals surface area (Å²) in [6.07, 6.45) is 1.60. The zero-order valence-corrected chi connectivity index (χ0v) is 18.2. The monoisotopic (exact) mass is 390 g/mol. The van der Waals surface area contributed by atoms with Gasteiger partial charge in [-0.3, -0.25) is 0 Å². The molecule has 2 rings (SSSR count). The molecule has 5 heteroatoms. The minimum atomic E-state index is 0.102. The second-order valence-electron chi connectivity index (χ2n) is 7.39. The highest BCUT2D eigenvalue weighted by molar-refractivity contribution is 6.33. The zero-order chi connectivity index (χ0) is 20.1. The van der Waals surface area contributed by atoms with Crippen molar-refractivity contribution in [3.8, 4) is 22.9 Å². The first-order valence-corrected chi connectivity index (χ1v) is 10.1. The predicted molar refractivity (Wildman–Crippen MR) is 112 cm³/mol. The van der Waals surface area contributed by atoms with Gasteiger partial charge in [0, 0.05) is 5.56 Å². The van der Waals surface area contributed by atoms with Crippen LogP contribution in [0.3, 0.4) is 0 Å². The fourth-order valence-corrected chi connectivity index (χ4v) is 3.52. The number of hydrogen-bond donors (Lipinski definition) is 0. The lowest BCUT2D eigenvalue weighted by molar-refractivity contribution is 0.0976. The molecule has 1 heterocycles. The quantitative estimate of drug-likeness (QED) is 0.555. The smallest absolute Gasteiger partial charge is 0.236 e. The fraction of sp³-hybridized carbons (Fsp3) is 0.545. The van der Waals surface area contributed by atoms with Crippen LogP contribution in [0, 0.1) is 11.8 Å². The van der Waals surface area contributed by atoms with Crippen molar-refractivity contribution in [3.05, 3.63) is 34.6 Å². The minimum absolute atomic E-state index is 0.102. The minimum Gasteiger partial charge on any atom is -0.497 e. The van der Waals surface area contributed by atoms with E-state index in [0.29, 0.717) is 22.7 Å². The third kappa shape index (κ3) is 4.92. The van der Waals surface area contributed by atoms with E-state index in [2.05, 4.69) is 41.5 Å². The molecule has 0 aliphatic heterocycles. The Hall–Kier alpha value is -1.81. The second kappa shape index (κ2) is 9.41. The molecule has 27 heavy (non-hydrogen) atoms. The third-order valence-corrected chi connectivity index (χ3v) is 4.98. The Kier molecular flexibility index (Phi) is 7.49. The molecule has 1 aromatic carbocycles. The molecule has 0 atom stereocenters. The van der Waals surface area contributed by atoms with E-state index in [1.165, 1.54) is 0 Å². The van der Waals surface area contributed by atoms with Crippen molar-refractivity contribution in [1.82, 2.24) is 9.97 Å². The number of aryl methyl sites for hydroxylation is 2. The summed E-state index contributed by atoms with van der Waals surface area (Å²) >= 11 is 6.50. The number of benzene rings is 1. The normalized spacial score (nSPS) is 11.5. The molecule has 0 spiro atoms. The van der Waals surface area contributed by atoms with Crippen molar-refractivity contribution < 1.29 is 9.47 Å². The van der Waals surface area contributed by atoms with Gasteiger partial charge >= 0.3 is 0 Å². The molecule has 0 aliphatic rings. The number of ether oxygens (including phenoxy) is 2.